The van der Waals surface area contributed by atoms with Crippen molar-refractivity contribution in [2.75, 3.05) is 20.3 Å². The molecule has 0 aromatic rings. The maximum atomic E-state index is 8.22. The first kappa shape index (κ1) is 12.5. The lowest BCUT2D eigenvalue weighted by Gasteiger charge is -2.32. The summed E-state index contributed by atoms with van der Waals surface area (Å²) in [5.74, 6) is 1.34. The van der Waals surface area contributed by atoms with Crippen molar-refractivity contribution < 1.29 is 4.74 Å². The molecule has 1 saturated carbocycles. The maximum Gasteiger partial charge on any atom is 0.0992 e. The van der Waals surface area contributed by atoms with Gasteiger partial charge in [-0.05, 0) is 26.7 Å². The molecule has 0 radical (unpaired) electrons. The van der Waals surface area contributed by atoms with Gasteiger partial charge in [-0.25, -0.2) is 0 Å². The monoisotopic (exact) mass is 212 g/mol. The van der Waals surface area contributed by atoms with Gasteiger partial charge in [-0.2, -0.15) is 0 Å². The van der Waals surface area contributed by atoms with Crippen molar-refractivity contribution in [1.29, 1.82) is 5.41 Å². The minimum Gasteiger partial charge on any atom is -0.383 e. The summed E-state index contributed by atoms with van der Waals surface area (Å²) in [4.78, 5) is 2.18. The first-order valence-electron chi connectivity index (χ1n) is 6.04. The number of hydrogen-bond donors (Lipinski definition) is 1. The van der Waals surface area contributed by atoms with Crippen molar-refractivity contribution in [3.05, 3.63) is 0 Å². The SMILES string of the molecule is CCN(C(=N)C1CCCC1)C(C)COC. The average molecular weight is 212 g/mol. The number of ether oxygens (including phenoxy) is 1. The zero-order valence-electron chi connectivity index (χ0n) is 10.3. The lowest BCUT2D eigenvalue weighted by Crippen LogP contribution is -2.43. The molecule has 88 valence electrons. The highest BCUT2D eigenvalue weighted by Gasteiger charge is 2.25. The van der Waals surface area contributed by atoms with Gasteiger partial charge in [-0.15, -0.1) is 0 Å². The lowest BCUT2D eigenvalue weighted by atomic mass is 10.1. The Morgan fingerprint density at radius 3 is 2.53 bits per heavy atom. The molecule has 0 amide bonds. The van der Waals surface area contributed by atoms with Gasteiger partial charge in [0.2, 0.25) is 0 Å². The van der Waals surface area contributed by atoms with E-state index in [4.69, 9.17) is 10.1 Å². The quantitative estimate of drug-likeness (QED) is 0.561. The van der Waals surface area contributed by atoms with Crippen molar-refractivity contribution in [1.82, 2.24) is 4.90 Å². The van der Waals surface area contributed by atoms with E-state index in [9.17, 15) is 0 Å². The van der Waals surface area contributed by atoms with Gasteiger partial charge in [-0.1, -0.05) is 12.8 Å². The normalized spacial score (nSPS) is 19.1. The van der Waals surface area contributed by atoms with Crippen LogP contribution in [0.1, 0.15) is 39.5 Å². The van der Waals surface area contributed by atoms with E-state index in [1.807, 2.05) is 0 Å². The number of nitrogens with zero attached hydrogens (tertiary/aromatic N) is 1. The van der Waals surface area contributed by atoms with Crippen LogP contribution in [0.2, 0.25) is 0 Å². The lowest BCUT2D eigenvalue weighted by molar-refractivity contribution is 0.135. The van der Waals surface area contributed by atoms with E-state index >= 15 is 0 Å². The van der Waals surface area contributed by atoms with Crippen LogP contribution in [0.25, 0.3) is 0 Å². The molecule has 0 bridgehead atoms. The van der Waals surface area contributed by atoms with Crippen LogP contribution in [0, 0.1) is 11.3 Å². The number of nitrogens with one attached hydrogen (secondary N) is 1. The Labute approximate surface area is 93.3 Å². The first-order valence-corrected chi connectivity index (χ1v) is 6.04. The third-order valence-electron chi connectivity index (χ3n) is 3.33. The summed E-state index contributed by atoms with van der Waals surface area (Å²) in [6, 6.07) is 0.327. The highest BCUT2D eigenvalue weighted by molar-refractivity contribution is 5.82. The molecule has 1 atom stereocenters. The van der Waals surface area contributed by atoms with E-state index in [0.717, 1.165) is 12.4 Å². The third-order valence-corrected chi connectivity index (χ3v) is 3.33. The summed E-state index contributed by atoms with van der Waals surface area (Å²) >= 11 is 0. The Bertz CT molecular complexity index is 200. The predicted molar refractivity (Wildman–Crippen MR) is 63.4 cm³/mol. The molecule has 1 rings (SSSR count). The summed E-state index contributed by atoms with van der Waals surface area (Å²) in [5.41, 5.74) is 0. The Balaban J connectivity index is 2.52. The fourth-order valence-corrected chi connectivity index (χ4v) is 2.48. The molecule has 0 saturated heterocycles. The van der Waals surface area contributed by atoms with Gasteiger partial charge in [0.1, 0.15) is 0 Å². The number of methoxy groups -OCH3 is 1. The van der Waals surface area contributed by atoms with Gasteiger partial charge in [0.15, 0.2) is 0 Å². The zero-order chi connectivity index (χ0) is 11.3. The van der Waals surface area contributed by atoms with Crippen molar-refractivity contribution >= 4 is 5.84 Å². The standard InChI is InChI=1S/C12H24N2O/c1-4-14(10(2)9-15-3)12(13)11-7-5-6-8-11/h10-11,13H,4-9H2,1-3H3. The van der Waals surface area contributed by atoms with E-state index in [2.05, 4.69) is 18.7 Å². The Morgan fingerprint density at radius 1 is 1.47 bits per heavy atom. The Morgan fingerprint density at radius 2 is 2.07 bits per heavy atom. The van der Waals surface area contributed by atoms with Crippen LogP contribution in [-0.4, -0.2) is 37.0 Å². The second-order valence-corrected chi connectivity index (χ2v) is 4.46. The Kier molecular flexibility index (Phi) is 5.09. The van der Waals surface area contributed by atoms with Gasteiger partial charge in [0, 0.05) is 19.6 Å². The van der Waals surface area contributed by atoms with E-state index < -0.39 is 0 Å². The summed E-state index contributed by atoms with van der Waals surface area (Å²) in [5, 5.41) is 8.22. The van der Waals surface area contributed by atoms with Gasteiger partial charge in [-0.3, -0.25) is 5.41 Å². The van der Waals surface area contributed by atoms with Crippen molar-refractivity contribution in [2.24, 2.45) is 5.92 Å². The third kappa shape index (κ3) is 3.20. The van der Waals surface area contributed by atoms with Gasteiger partial charge >= 0.3 is 0 Å². The molecule has 0 aromatic carbocycles. The molecular formula is C12H24N2O. The second-order valence-electron chi connectivity index (χ2n) is 4.46. The largest absolute Gasteiger partial charge is 0.383 e. The minimum atomic E-state index is 0.327. The molecule has 3 heteroatoms. The smallest absolute Gasteiger partial charge is 0.0992 e. The summed E-state index contributed by atoms with van der Waals surface area (Å²) in [6.45, 7) is 5.88. The van der Waals surface area contributed by atoms with E-state index in [-0.39, 0.29) is 0 Å². The van der Waals surface area contributed by atoms with Gasteiger partial charge in [0.05, 0.1) is 18.5 Å². The molecule has 0 heterocycles. The molecular weight excluding hydrogens is 188 g/mol. The van der Waals surface area contributed by atoms with Crippen LogP contribution in [0.5, 0.6) is 0 Å². The van der Waals surface area contributed by atoms with Crippen LogP contribution in [-0.2, 0) is 4.74 Å². The van der Waals surface area contributed by atoms with Crippen LogP contribution in [0.15, 0.2) is 0 Å². The van der Waals surface area contributed by atoms with Crippen LogP contribution < -0.4 is 0 Å². The molecule has 0 spiro atoms. The van der Waals surface area contributed by atoms with Crippen molar-refractivity contribution in [3.8, 4) is 0 Å². The van der Waals surface area contributed by atoms with Crippen LogP contribution in [0.3, 0.4) is 0 Å². The van der Waals surface area contributed by atoms with Gasteiger partial charge in [0.25, 0.3) is 0 Å². The molecule has 1 unspecified atom stereocenters. The summed E-state index contributed by atoms with van der Waals surface area (Å²) < 4.78 is 5.16. The van der Waals surface area contributed by atoms with Crippen LogP contribution in [0.4, 0.5) is 0 Å². The van der Waals surface area contributed by atoms with Crippen LogP contribution >= 0.6 is 0 Å². The second kappa shape index (κ2) is 6.11. The molecule has 0 aromatic heterocycles. The first-order chi connectivity index (χ1) is 7.20. The topological polar surface area (TPSA) is 36.3 Å². The zero-order valence-corrected chi connectivity index (χ0v) is 10.3. The highest BCUT2D eigenvalue weighted by Crippen LogP contribution is 2.27. The summed E-state index contributed by atoms with van der Waals surface area (Å²) in [7, 11) is 1.73. The van der Waals surface area contributed by atoms with Gasteiger partial charge < -0.3 is 9.64 Å². The van der Waals surface area contributed by atoms with Crippen molar-refractivity contribution in [3.63, 3.8) is 0 Å². The van der Waals surface area contributed by atoms with E-state index in [1.165, 1.54) is 25.7 Å². The molecule has 0 aliphatic heterocycles. The number of likely N-dealkylation sites (N-methyl/N-ethyl adjacent to an activating group) is 1. The molecule has 1 aliphatic rings. The number of amidine groups is 1. The number of rotatable bonds is 5. The van der Waals surface area contributed by atoms with E-state index in [1.54, 1.807) is 7.11 Å². The molecule has 1 aliphatic carbocycles. The molecule has 1 fully saturated rings. The fraction of sp³-hybridized carbons (Fsp3) is 0.917. The minimum absolute atomic E-state index is 0.327. The maximum absolute atomic E-state index is 8.22. The Hall–Kier alpha value is -0.570. The van der Waals surface area contributed by atoms with Crippen molar-refractivity contribution in [2.45, 2.75) is 45.6 Å². The predicted octanol–water partition coefficient (Wildman–Crippen LogP) is 2.51. The average Bonchev–Trinajstić information content (AvgIpc) is 2.71. The molecule has 3 nitrogen and oxygen atoms in total. The van der Waals surface area contributed by atoms with E-state index in [0.29, 0.717) is 18.6 Å². The summed E-state index contributed by atoms with van der Waals surface area (Å²) in [6.07, 6.45) is 5.00. The molecule has 15 heavy (non-hydrogen) atoms. The highest BCUT2D eigenvalue weighted by atomic mass is 16.5. The number of hydrogen-bond acceptors (Lipinski definition) is 2. The molecule has 1 N–H and O–H groups in total. The fourth-order valence-electron chi connectivity index (χ4n) is 2.48.